The van der Waals surface area contributed by atoms with Crippen LogP contribution in [0.2, 0.25) is 5.02 Å². The number of carbonyl (C=O) groups is 3. The Labute approximate surface area is 212 Å². The molecule has 12 heteroatoms. The number of amides is 3. The molecule has 0 fully saturated rings. The van der Waals surface area contributed by atoms with Crippen LogP contribution in [0, 0.1) is 0 Å². The third-order valence-corrected chi connectivity index (χ3v) is 5.85. The average Bonchev–Trinajstić information content (AvgIpc) is 3.14. The molecule has 0 saturated carbocycles. The summed E-state index contributed by atoms with van der Waals surface area (Å²) < 4.78 is 31.1. The van der Waals surface area contributed by atoms with Crippen LogP contribution in [0.5, 0.6) is 5.88 Å². The second kappa shape index (κ2) is 11.6. The summed E-state index contributed by atoms with van der Waals surface area (Å²) in [6.45, 7) is 4.21. The zero-order valence-electron chi connectivity index (χ0n) is 20.2. The second-order valence-corrected chi connectivity index (χ2v) is 9.08. The molecule has 0 aromatic carbocycles. The number of ether oxygens (including phenoxy) is 1. The summed E-state index contributed by atoms with van der Waals surface area (Å²) in [4.78, 5) is 46.4. The van der Waals surface area contributed by atoms with Gasteiger partial charge >= 0.3 is 0 Å². The highest BCUT2D eigenvalue weighted by atomic mass is 35.5. The van der Waals surface area contributed by atoms with Crippen molar-refractivity contribution in [3.05, 3.63) is 51.9 Å². The van der Waals surface area contributed by atoms with Crippen molar-refractivity contribution >= 4 is 29.3 Å². The molecule has 9 nitrogen and oxygen atoms in total. The Bertz CT molecular complexity index is 1140. The lowest BCUT2D eigenvalue weighted by Gasteiger charge is -2.25. The summed E-state index contributed by atoms with van der Waals surface area (Å²) in [7, 11) is 0. The number of alkyl halides is 2. The largest absolute Gasteiger partial charge is 0.470 e. The predicted octanol–water partition coefficient (Wildman–Crippen LogP) is 3.07. The van der Waals surface area contributed by atoms with E-state index in [-0.39, 0.29) is 41.6 Å². The maximum atomic E-state index is 13.1. The number of fused-ring (bicyclic) bond motifs is 1. The van der Waals surface area contributed by atoms with Crippen LogP contribution in [-0.4, -0.2) is 58.2 Å². The quantitative estimate of drug-likeness (QED) is 0.438. The van der Waals surface area contributed by atoms with E-state index in [1.165, 1.54) is 25.4 Å². The Morgan fingerprint density at radius 1 is 1.28 bits per heavy atom. The number of hydrogen-bond donors (Lipinski definition) is 2. The van der Waals surface area contributed by atoms with E-state index < -0.39 is 18.6 Å². The topological polar surface area (TPSA) is 114 Å². The van der Waals surface area contributed by atoms with Gasteiger partial charge in [0, 0.05) is 57.0 Å². The zero-order chi connectivity index (χ0) is 26.5. The minimum absolute atomic E-state index is 0.0142. The molecule has 0 aliphatic carbocycles. The van der Waals surface area contributed by atoms with Crippen LogP contribution in [0.3, 0.4) is 0 Å². The van der Waals surface area contributed by atoms with E-state index in [1.807, 2.05) is 0 Å². The van der Waals surface area contributed by atoms with Crippen molar-refractivity contribution in [1.29, 1.82) is 0 Å². The molecule has 0 radical (unpaired) electrons. The van der Waals surface area contributed by atoms with Crippen molar-refractivity contribution in [3.8, 4) is 5.88 Å². The molecule has 2 aromatic rings. The number of nitrogens with zero attached hydrogens (tertiary/aromatic N) is 3. The fourth-order valence-corrected chi connectivity index (χ4v) is 3.95. The van der Waals surface area contributed by atoms with Crippen molar-refractivity contribution in [3.63, 3.8) is 0 Å². The van der Waals surface area contributed by atoms with Crippen LogP contribution in [0.4, 0.5) is 8.78 Å². The SMILES string of the molecule is CC(=O)NCCCNC(=O)Cc1nccc2c1CN(C(C)c1cnc(OCC(C)(F)F)c(Cl)c1)C2=O. The molecule has 0 saturated heterocycles. The Balaban J connectivity index is 1.65. The Morgan fingerprint density at radius 2 is 2.00 bits per heavy atom. The summed E-state index contributed by atoms with van der Waals surface area (Å²) in [6, 6.07) is 2.71. The van der Waals surface area contributed by atoms with Gasteiger partial charge in [-0.2, -0.15) is 0 Å². The molecule has 194 valence electrons. The van der Waals surface area contributed by atoms with Crippen LogP contribution in [0.15, 0.2) is 24.5 Å². The van der Waals surface area contributed by atoms with Gasteiger partial charge in [0.1, 0.15) is 5.02 Å². The molecular weight excluding hydrogens is 496 g/mol. The number of rotatable bonds is 11. The van der Waals surface area contributed by atoms with Gasteiger partial charge in [-0.1, -0.05) is 11.6 Å². The highest BCUT2D eigenvalue weighted by Crippen LogP contribution is 2.34. The van der Waals surface area contributed by atoms with Crippen LogP contribution in [-0.2, 0) is 22.6 Å². The number of halogens is 3. The lowest BCUT2D eigenvalue weighted by Crippen LogP contribution is -2.30. The van der Waals surface area contributed by atoms with Gasteiger partial charge in [0.25, 0.3) is 11.8 Å². The number of aromatic nitrogens is 2. The second-order valence-electron chi connectivity index (χ2n) is 8.67. The van der Waals surface area contributed by atoms with Gasteiger partial charge in [-0.25, -0.2) is 13.8 Å². The van der Waals surface area contributed by atoms with Crippen LogP contribution in [0.1, 0.15) is 60.4 Å². The number of nitrogens with one attached hydrogen (secondary N) is 2. The maximum absolute atomic E-state index is 13.1. The van der Waals surface area contributed by atoms with Gasteiger partial charge in [-0.15, -0.1) is 0 Å². The van der Waals surface area contributed by atoms with Crippen molar-refractivity contribution in [2.45, 2.75) is 52.1 Å². The first-order chi connectivity index (χ1) is 17.0. The molecule has 2 N–H and O–H groups in total. The Hall–Kier alpha value is -3.34. The lowest BCUT2D eigenvalue weighted by molar-refractivity contribution is -0.120. The van der Waals surface area contributed by atoms with Gasteiger partial charge in [0.05, 0.1) is 18.2 Å². The summed E-state index contributed by atoms with van der Waals surface area (Å²) in [5.74, 6) is -3.72. The first kappa shape index (κ1) is 27.3. The molecular formula is C24H28ClF2N5O4. The van der Waals surface area contributed by atoms with E-state index in [1.54, 1.807) is 17.9 Å². The van der Waals surface area contributed by atoms with E-state index in [0.717, 1.165) is 6.92 Å². The fraction of sp³-hybridized carbons (Fsp3) is 0.458. The molecule has 0 bridgehead atoms. The van der Waals surface area contributed by atoms with E-state index in [4.69, 9.17) is 16.3 Å². The van der Waals surface area contributed by atoms with Crippen LogP contribution >= 0.6 is 11.6 Å². The van der Waals surface area contributed by atoms with Gasteiger partial charge in [0.15, 0.2) is 6.61 Å². The van der Waals surface area contributed by atoms with Crippen LogP contribution < -0.4 is 15.4 Å². The highest BCUT2D eigenvalue weighted by molar-refractivity contribution is 6.31. The first-order valence-electron chi connectivity index (χ1n) is 11.4. The predicted molar refractivity (Wildman–Crippen MR) is 128 cm³/mol. The molecule has 36 heavy (non-hydrogen) atoms. The Morgan fingerprint density at radius 3 is 2.67 bits per heavy atom. The first-order valence-corrected chi connectivity index (χ1v) is 11.8. The van der Waals surface area contributed by atoms with E-state index in [0.29, 0.717) is 41.9 Å². The molecule has 3 heterocycles. The number of carbonyl (C=O) groups excluding carboxylic acids is 3. The third-order valence-electron chi connectivity index (χ3n) is 5.58. The summed E-state index contributed by atoms with van der Waals surface area (Å²) in [5.41, 5.74) is 2.25. The van der Waals surface area contributed by atoms with Crippen molar-refractivity contribution in [2.24, 2.45) is 0 Å². The van der Waals surface area contributed by atoms with E-state index in [9.17, 15) is 23.2 Å². The maximum Gasteiger partial charge on any atom is 0.278 e. The number of hydrogen-bond acceptors (Lipinski definition) is 6. The Kier molecular flexibility index (Phi) is 8.78. The van der Waals surface area contributed by atoms with Crippen molar-refractivity contribution in [1.82, 2.24) is 25.5 Å². The molecule has 1 aliphatic rings. The van der Waals surface area contributed by atoms with Gasteiger partial charge in [-0.3, -0.25) is 19.4 Å². The third kappa shape index (κ3) is 7.09. The molecule has 3 rings (SSSR count). The summed E-state index contributed by atoms with van der Waals surface area (Å²) in [6.07, 6.45) is 3.54. The minimum atomic E-state index is -3.03. The van der Waals surface area contributed by atoms with E-state index in [2.05, 4.69) is 20.6 Å². The highest BCUT2D eigenvalue weighted by Gasteiger charge is 2.34. The van der Waals surface area contributed by atoms with E-state index >= 15 is 0 Å². The minimum Gasteiger partial charge on any atom is -0.470 e. The number of pyridine rings is 2. The van der Waals surface area contributed by atoms with Crippen molar-refractivity contribution < 1.29 is 27.9 Å². The fourth-order valence-electron chi connectivity index (χ4n) is 3.72. The summed E-state index contributed by atoms with van der Waals surface area (Å²) >= 11 is 6.18. The zero-order valence-corrected chi connectivity index (χ0v) is 21.0. The average molecular weight is 524 g/mol. The standard InChI is InChI=1S/C24H28ClF2N5O4/c1-14(16-9-19(25)22(31-11-16)36-13-24(3,26)27)32-12-18-17(23(32)35)5-8-29-20(18)10-21(34)30-7-4-6-28-15(2)33/h5,8-9,11,14H,4,6-7,10,12-13H2,1-3H3,(H,28,33)(H,30,34). The van der Waals surface area contributed by atoms with Crippen molar-refractivity contribution in [2.75, 3.05) is 19.7 Å². The normalized spacial score (nSPS) is 13.8. The molecule has 3 amide bonds. The van der Waals surface area contributed by atoms with Gasteiger partial charge < -0.3 is 20.3 Å². The van der Waals surface area contributed by atoms with Gasteiger partial charge in [0.2, 0.25) is 17.7 Å². The molecule has 0 spiro atoms. The molecule has 1 aliphatic heterocycles. The van der Waals surface area contributed by atoms with Gasteiger partial charge in [-0.05, 0) is 31.0 Å². The molecule has 1 atom stereocenters. The molecule has 1 unspecified atom stereocenters. The smallest absolute Gasteiger partial charge is 0.278 e. The van der Waals surface area contributed by atoms with Crippen LogP contribution in [0.25, 0.3) is 0 Å². The lowest BCUT2D eigenvalue weighted by atomic mass is 10.1. The molecule has 2 aromatic heterocycles. The monoisotopic (exact) mass is 523 g/mol. The summed E-state index contributed by atoms with van der Waals surface area (Å²) in [5, 5.41) is 5.51.